The average Bonchev–Trinajstić information content (AvgIpc) is 2.74. The van der Waals surface area contributed by atoms with Crippen LogP contribution in [0.3, 0.4) is 0 Å². The molecule has 3 atom stereocenters. The molecule has 1 aliphatic carbocycles. The van der Waals surface area contributed by atoms with Gasteiger partial charge in [0.05, 0.1) is 22.5 Å². The van der Waals surface area contributed by atoms with E-state index in [2.05, 4.69) is 5.32 Å². The molecule has 17 heavy (non-hydrogen) atoms. The lowest BCUT2D eigenvalue weighted by atomic mass is 9.86. The van der Waals surface area contributed by atoms with Crippen LogP contribution < -0.4 is 11.1 Å². The van der Waals surface area contributed by atoms with E-state index in [1.807, 2.05) is 6.92 Å². The minimum atomic E-state index is -0.754. The van der Waals surface area contributed by atoms with Crippen LogP contribution in [0.5, 0.6) is 0 Å². The first kappa shape index (κ1) is 14.4. The Morgan fingerprint density at radius 3 is 2.71 bits per heavy atom. The molecular formula is C12H22N2O2S. The van der Waals surface area contributed by atoms with Gasteiger partial charge in [-0.05, 0) is 32.6 Å². The minimum absolute atomic E-state index is 0.0820. The highest BCUT2D eigenvalue weighted by molar-refractivity contribution is 7.80. The number of amides is 1. The third-order valence-corrected chi connectivity index (χ3v) is 4.27. The first-order valence-electron chi connectivity index (χ1n) is 6.09. The summed E-state index contributed by atoms with van der Waals surface area (Å²) >= 11 is 4.99. The van der Waals surface area contributed by atoms with Gasteiger partial charge < -0.3 is 15.8 Å². The molecule has 98 valence electrons. The summed E-state index contributed by atoms with van der Waals surface area (Å²) in [6.07, 6.45) is 3.77. The van der Waals surface area contributed by atoms with Gasteiger partial charge in [0, 0.05) is 7.11 Å². The monoisotopic (exact) mass is 258 g/mol. The molecule has 0 aromatic rings. The maximum atomic E-state index is 12.2. The molecule has 0 radical (unpaired) electrons. The molecular weight excluding hydrogens is 236 g/mol. The number of thiocarbonyl (C=S) groups is 1. The van der Waals surface area contributed by atoms with E-state index >= 15 is 0 Å². The van der Waals surface area contributed by atoms with Crippen molar-refractivity contribution in [2.45, 2.75) is 51.7 Å². The first-order valence-corrected chi connectivity index (χ1v) is 6.50. The summed E-state index contributed by atoms with van der Waals surface area (Å²) in [6.45, 7) is 3.71. The van der Waals surface area contributed by atoms with Crippen molar-refractivity contribution >= 4 is 23.1 Å². The fourth-order valence-corrected chi connectivity index (χ4v) is 2.38. The van der Waals surface area contributed by atoms with Crippen molar-refractivity contribution < 1.29 is 9.53 Å². The molecule has 1 saturated carbocycles. The second-order valence-corrected chi connectivity index (χ2v) is 5.27. The van der Waals surface area contributed by atoms with Crippen molar-refractivity contribution in [2.75, 3.05) is 7.11 Å². The van der Waals surface area contributed by atoms with Crippen molar-refractivity contribution in [3.05, 3.63) is 0 Å². The van der Waals surface area contributed by atoms with E-state index in [0.717, 1.165) is 19.3 Å². The quantitative estimate of drug-likeness (QED) is 0.731. The summed E-state index contributed by atoms with van der Waals surface area (Å²) in [5.41, 5.74) is 4.91. The van der Waals surface area contributed by atoms with Crippen LogP contribution in [0.1, 0.15) is 39.5 Å². The Balaban J connectivity index is 2.68. The molecule has 0 heterocycles. The van der Waals surface area contributed by atoms with Crippen molar-refractivity contribution in [2.24, 2.45) is 11.1 Å². The van der Waals surface area contributed by atoms with E-state index in [4.69, 9.17) is 22.7 Å². The Morgan fingerprint density at radius 1 is 1.59 bits per heavy atom. The molecule has 0 aromatic heterocycles. The Morgan fingerprint density at radius 2 is 2.24 bits per heavy atom. The maximum Gasteiger partial charge on any atom is 0.233 e. The van der Waals surface area contributed by atoms with E-state index in [1.54, 1.807) is 14.0 Å². The van der Waals surface area contributed by atoms with Crippen LogP contribution in [0.15, 0.2) is 0 Å². The smallest absolute Gasteiger partial charge is 0.233 e. The lowest BCUT2D eigenvalue weighted by Crippen LogP contribution is -2.51. The summed E-state index contributed by atoms with van der Waals surface area (Å²) in [7, 11) is 1.68. The molecule has 0 aromatic carbocycles. The van der Waals surface area contributed by atoms with Crippen molar-refractivity contribution in [3.63, 3.8) is 0 Å². The zero-order valence-electron chi connectivity index (χ0n) is 10.8. The number of carbonyl (C=O) groups excluding carboxylic acids is 1. The van der Waals surface area contributed by atoms with Crippen LogP contribution in [-0.4, -0.2) is 30.2 Å². The molecule has 3 unspecified atom stereocenters. The van der Waals surface area contributed by atoms with E-state index in [1.165, 1.54) is 0 Å². The van der Waals surface area contributed by atoms with Crippen LogP contribution in [0.2, 0.25) is 0 Å². The van der Waals surface area contributed by atoms with Gasteiger partial charge in [0.1, 0.15) is 0 Å². The zero-order valence-corrected chi connectivity index (χ0v) is 11.6. The summed E-state index contributed by atoms with van der Waals surface area (Å²) in [5.74, 6) is -0.0820. The molecule has 5 heteroatoms. The number of carbonyl (C=O) groups is 1. The Labute approximate surface area is 108 Å². The second-order valence-electron chi connectivity index (χ2n) is 4.83. The number of rotatable bonds is 5. The van der Waals surface area contributed by atoms with Crippen LogP contribution in [0.25, 0.3) is 0 Å². The fraction of sp³-hybridized carbons (Fsp3) is 0.833. The fourth-order valence-electron chi connectivity index (χ4n) is 2.15. The number of nitrogens with one attached hydrogen (secondary N) is 1. The third-order valence-electron chi connectivity index (χ3n) is 3.82. The largest absolute Gasteiger partial charge is 0.392 e. The molecule has 1 aliphatic rings. The molecule has 0 spiro atoms. The molecule has 0 aliphatic heterocycles. The molecule has 3 N–H and O–H groups in total. The molecule has 4 nitrogen and oxygen atoms in total. The number of hydrogen-bond donors (Lipinski definition) is 2. The molecule has 0 saturated heterocycles. The molecule has 1 amide bonds. The van der Waals surface area contributed by atoms with Gasteiger partial charge in [-0.25, -0.2) is 0 Å². The topological polar surface area (TPSA) is 64.3 Å². The minimum Gasteiger partial charge on any atom is -0.392 e. The van der Waals surface area contributed by atoms with Gasteiger partial charge in [-0.3, -0.25) is 4.79 Å². The second kappa shape index (κ2) is 5.78. The van der Waals surface area contributed by atoms with Gasteiger partial charge in [0.15, 0.2) is 0 Å². The maximum absolute atomic E-state index is 12.2. The number of ether oxygens (including phenoxy) is 1. The van der Waals surface area contributed by atoms with E-state index in [9.17, 15) is 4.79 Å². The summed E-state index contributed by atoms with van der Waals surface area (Å²) in [5, 5.41) is 3.02. The highest BCUT2D eigenvalue weighted by Gasteiger charge is 2.38. The highest BCUT2D eigenvalue weighted by atomic mass is 32.1. The third kappa shape index (κ3) is 2.96. The van der Waals surface area contributed by atoms with E-state index in [0.29, 0.717) is 6.42 Å². The SMILES string of the molecule is CCC(C)(C(=O)NC1CCCC1OC)C(N)=S. The molecule has 0 bridgehead atoms. The lowest BCUT2D eigenvalue weighted by Gasteiger charge is -2.29. The van der Waals surface area contributed by atoms with Gasteiger partial charge in [0.2, 0.25) is 5.91 Å². The Hall–Kier alpha value is -0.680. The Bertz CT molecular complexity index is 309. The standard InChI is InChI=1S/C12H22N2O2S/c1-4-12(2,10(13)17)11(15)14-8-6-5-7-9(8)16-3/h8-9H,4-7H2,1-3H3,(H2,13,17)(H,14,15). The number of nitrogens with two attached hydrogens (primary N) is 1. The summed E-state index contributed by atoms with van der Waals surface area (Å²) in [4.78, 5) is 12.5. The molecule has 1 rings (SSSR count). The van der Waals surface area contributed by atoms with Gasteiger partial charge in [-0.2, -0.15) is 0 Å². The van der Waals surface area contributed by atoms with Crippen molar-refractivity contribution in [3.8, 4) is 0 Å². The number of hydrogen-bond acceptors (Lipinski definition) is 3. The van der Waals surface area contributed by atoms with E-state index in [-0.39, 0.29) is 23.0 Å². The van der Waals surface area contributed by atoms with Crippen LogP contribution in [0, 0.1) is 5.41 Å². The predicted molar refractivity (Wildman–Crippen MR) is 71.8 cm³/mol. The zero-order chi connectivity index (χ0) is 13.1. The van der Waals surface area contributed by atoms with Crippen LogP contribution >= 0.6 is 12.2 Å². The lowest BCUT2D eigenvalue weighted by molar-refractivity contribution is -0.128. The normalized spacial score (nSPS) is 27.5. The van der Waals surface area contributed by atoms with Crippen molar-refractivity contribution in [1.29, 1.82) is 0 Å². The predicted octanol–water partition coefficient (Wildman–Crippen LogP) is 1.37. The summed E-state index contributed by atoms with van der Waals surface area (Å²) < 4.78 is 5.35. The Kier molecular flexibility index (Phi) is 4.89. The highest BCUT2D eigenvalue weighted by Crippen LogP contribution is 2.26. The molecule has 1 fully saturated rings. The van der Waals surface area contributed by atoms with Gasteiger partial charge in [-0.1, -0.05) is 19.1 Å². The van der Waals surface area contributed by atoms with Gasteiger partial charge >= 0.3 is 0 Å². The average molecular weight is 258 g/mol. The van der Waals surface area contributed by atoms with Gasteiger partial charge in [0.25, 0.3) is 0 Å². The van der Waals surface area contributed by atoms with Crippen LogP contribution in [-0.2, 0) is 9.53 Å². The number of methoxy groups -OCH3 is 1. The van der Waals surface area contributed by atoms with Gasteiger partial charge in [-0.15, -0.1) is 0 Å². The summed E-state index contributed by atoms with van der Waals surface area (Å²) in [6, 6.07) is 0.0905. The first-order chi connectivity index (χ1) is 7.95. The van der Waals surface area contributed by atoms with Crippen molar-refractivity contribution in [1.82, 2.24) is 5.32 Å². The van der Waals surface area contributed by atoms with Crippen LogP contribution in [0.4, 0.5) is 0 Å². The van der Waals surface area contributed by atoms with E-state index < -0.39 is 5.41 Å².